The average molecular weight is 709 g/mol. The molecule has 0 spiro atoms. The molecule has 50 heavy (non-hydrogen) atoms. The van der Waals surface area contributed by atoms with Crippen LogP contribution in [0.15, 0.2) is 45.6 Å². The van der Waals surface area contributed by atoms with Crippen LogP contribution in [0.25, 0.3) is 22.6 Å². The molecule has 0 aromatic heterocycles. The predicted molar refractivity (Wildman–Crippen MR) is 158 cm³/mol. The highest BCUT2D eigenvalue weighted by Gasteiger charge is 2.48. The number of ether oxygens (including phenoxy) is 6. The number of cyclic esters (lactones) is 2. The first-order valence-corrected chi connectivity index (χ1v) is 15.1. The molecule has 11 atom stereocenters. The molecule has 0 amide bonds. The number of phenols is 2. The van der Waals surface area contributed by atoms with Gasteiger partial charge in [0.15, 0.2) is 34.5 Å². The van der Waals surface area contributed by atoms with E-state index in [2.05, 4.69) is 0 Å². The number of hydrogen-bond donors (Lipinski definition) is 9. The second-order valence-corrected chi connectivity index (χ2v) is 11.8. The molecule has 1 aliphatic carbocycles. The normalized spacial score (nSPS) is 33.9. The molecule has 1 aromatic rings. The van der Waals surface area contributed by atoms with Crippen molar-refractivity contribution >= 4 is 11.9 Å². The Balaban J connectivity index is 1.47. The summed E-state index contributed by atoms with van der Waals surface area (Å²) in [6.07, 6.45) is -21.2. The van der Waals surface area contributed by atoms with Gasteiger partial charge in [-0.2, -0.15) is 0 Å². The molecule has 6 rings (SSSR count). The number of aliphatic hydroxyl groups is 7. The molecule has 270 valence electrons. The van der Waals surface area contributed by atoms with E-state index < -0.39 is 116 Å². The zero-order valence-corrected chi connectivity index (χ0v) is 25.5. The lowest BCUT2D eigenvalue weighted by Gasteiger charge is -2.40. The minimum atomic E-state index is -2.09. The number of aromatic hydroxyl groups is 2. The van der Waals surface area contributed by atoms with Gasteiger partial charge < -0.3 is 78.8 Å². The number of carbonyl (C=O) groups is 2. The summed E-state index contributed by atoms with van der Waals surface area (Å²) in [5, 5.41) is 94.0. The summed E-state index contributed by atoms with van der Waals surface area (Å²) < 4.78 is 38.9. The fourth-order valence-electron chi connectivity index (χ4n) is 5.50. The molecule has 1 unspecified atom stereocenters. The van der Waals surface area contributed by atoms with Crippen molar-refractivity contribution in [1.82, 2.24) is 0 Å². The van der Waals surface area contributed by atoms with Crippen molar-refractivity contribution in [2.24, 2.45) is 0 Å². The van der Waals surface area contributed by atoms with Gasteiger partial charge >= 0.3 is 11.9 Å². The smallest absolute Gasteiger partial charge is 0.335 e. The highest BCUT2D eigenvalue weighted by molar-refractivity contribution is 5.81. The van der Waals surface area contributed by atoms with Crippen LogP contribution in [-0.2, 0) is 28.5 Å². The Morgan fingerprint density at radius 2 is 1.22 bits per heavy atom. The third-order valence-electron chi connectivity index (χ3n) is 8.28. The van der Waals surface area contributed by atoms with E-state index in [1.54, 1.807) is 0 Å². The molecule has 19 heteroatoms. The van der Waals surface area contributed by atoms with Crippen molar-refractivity contribution in [3.05, 3.63) is 46.6 Å². The van der Waals surface area contributed by atoms with Crippen LogP contribution in [0.1, 0.15) is 6.42 Å². The topological polar surface area (TPSA) is 302 Å². The van der Waals surface area contributed by atoms with Crippen LogP contribution >= 0.6 is 0 Å². The number of hydrogen-bond acceptors (Lipinski definition) is 19. The van der Waals surface area contributed by atoms with Crippen LogP contribution < -0.4 is 14.9 Å². The van der Waals surface area contributed by atoms with Crippen molar-refractivity contribution in [3.8, 4) is 45.6 Å². The van der Waals surface area contributed by atoms with Crippen LogP contribution in [0.4, 0.5) is 0 Å². The van der Waals surface area contributed by atoms with Crippen molar-refractivity contribution in [3.63, 3.8) is 0 Å². The van der Waals surface area contributed by atoms with Crippen molar-refractivity contribution in [1.29, 1.82) is 0 Å². The molecule has 19 nitrogen and oxygen atoms in total. The Labute approximate surface area is 279 Å². The van der Waals surface area contributed by atoms with Gasteiger partial charge in [0.05, 0.1) is 12.0 Å². The molecule has 6 bridgehead atoms. The molecule has 2 saturated heterocycles. The first kappa shape index (κ1) is 35.3. The van der Waals surface area contributed by atoms with Crippen molar-refractivity contribution < 1.29 is 88.4 Å². The summed E-state index contributed by atoms with van der Waals surface area (Å²) in [7, 11) is 0. The summed E-state index contributed by atoms with van der Waals surface area (Å²) in [5.74, 6) is -4.66. The zero-order chi connectivity index (χ0) is 36.0. The van der Waals surface area contributed by atoms with Crippen molar-refractivity contribution in [2.45, 2.75) is 73.9 Å². The van der Waals surface area contributed by atoms with E-state index in [9.17, 15) is 60.3 Å². The van der Waals surface area contributed by atoms with E-state index >= 15 is 0 Å². The minimum absolute atomic E-state index is 0.0559. The standard InChI is InChI=1S/C31H32O19/c32-11-4-16-12-6-18(28(46-16)10-1-2-13(33)14(34)3-10)48-31-27(42)24(39)22(37)19(49-31)8-44-21(36)7-15(35)29(43)45-9-20-23(38)25(40)26(41)30(50-20)47-17(12)5-11/h1-6,15,19-20,22-27,30-31,33-35,37-42H,7-9H2/t15?,19-,20+,22-,23+,24+,25-,26+,27-,30+,31-/m1/s1. The number of phenolic OH excluding ortho intramolecular Hbond substituents is 2. The van der Waals surface area contributed by atoms with E-state index in [0.29, 0.717) is 0 Å². The maximum Gasteiger partial charge on any atom is 0.335 e. The second-order valence-electron chi connectivity index (χ2n) is 11.8. The van der Waals surface area contributed by atoms with E-state index in [0.717, 1.165) is 24.3 Å². The maximum absolute atomic E-state index is 12.8. The monoisotopic (exact) mass is 708 g/mol. The van der Waals surface area contributed by atoms with Crippen LogP contribution in [-0.4, -0.2) is 139 Å². The van der Waals surface area contributed by atoms with Gasteiger partial charge in [-0.05, 0) is 24.3 Å². The predicted octanol–water partition coefficient (Wildman–Crippen LogP) is -2.95. The van der Waals surface area contributed by atoms with Crippen molar-refractivity contribution in [2.75, 3.05) is 13.2 Å². The van der Waals surface area contributed by atoms with E-state index in [1.807, 2.05) is 0 Å². The Kier molecular flexibility index (Phi) is 9.86. The Bertz CT molecular complexity index is 1760. The van der Waals surface area contributed by atoms with Crippen LogP contribution in [0.5, 0.6) is 23.0 Å². The lowest BCUT2D eigenvalue weighted by Crippen LogP contribution is -2.60. The lowest BCUT2D eigenvalue weighted by atomic mass is 9.99. The second kappa shape index (κ2) is 14.0. The fraction of sp³-hybridized carbons (Fsp3) is 0.452. The quantitative estimate of drug-likeness (QED) is 0.0901. The molecule has 9 N–H and O–H groups in total. The molecular formula is C31H32O19. The molecule has 1 aromatic carbocycles. The first-order chi connectivity index (χ1) is 23.7. The Hall–Kier alpha value is -4.57. The van der Waals surface area contributed by atoms with Gasteiger partial charge in [-0.25, -0.2) is 4.79 Å². The highest BCUT2D eigenvalue weighted by Crippen LogP contribution is 2.44. The molecular weight excluding hydrogens is 676 g/mol. The van der Waals surface area contributed by atoms with Gasteiger partial charge in [0.2, 0.25) is 12.6 Å². The number of benzene rings is 2. The van der Waals surface area contributed by atoms with Crippen LogP contribution in [0, 0.1) is 0 Å². The third-order valence-corrected chi connectivity index (χ3v) is 8.28. The number of rotatable bonds is 1. The lowest BCUT2D eigenvalue weighted by molar-refractivity contribution is -0.279. The molecule has 5 aliphatic rings. The zero-order valence-electron chi connectivity index (χ0n) is 25.5. The number of aliphatic hydroxyl groups excluding tert-OH is 7. The molecule has 4 aliphatic heterocycles. The van der Waals surface area contributed by atoms with Gasteiger partial charge in [-0.3, -0.25) is 9.59 Å². The number of carbonyl (C=O) groups excluding carboxylic acids is 2. The third kappa shape index (κ3) is 6.90. The van der Waals surface area contributed by atoms with Gasteiger partial charge in [0.25, 0.3) is 0 Å². The van der Waals surface area contributed by atoms with Gasteiger partial charge in [0, 0.05) is 17.7 Å². The van der Waals surface area contributed by atoms with E-state index in [4.69, 9.17) is 32.8 Å². The SMILES string of the molecule is O=C1CC(O)C(=O)OC[C@@H]2O[C@H](Oc3cc(=O)cc4oc(-c5ccc(O)c(O)c5)c(cc3-4)O[C@@H]3O[C@H](CO1)[C@@H](O)[C@H](O)[C@H]3O)[C@@H](O)[C@H](O)[C@H]2O. The molecule has 4 heterocycles. The summed E-state index contributed by atoms with van der Waals surface area (Å²) in [6.45, 7) is -1.57. The van der Waals surface area contributed by atoms with E-state index in [-0.39, 0.29) is 34.1 Å². The summed E-state index contributed by atoms with van der Waals surface area (Å²) in [6, 6.07) is 6.70. The molecule has 0 radical (unpaired) electrons. The number of esters is 2. The van der Waals surface area contributed by atoms with E-state index in [1.165, 1.54) is 12.1 Å². The van der Waals surface area contributed by atoms with Crippen LogP contribution in [0.2, 0.25) is 0 Å². The van der Waals surface area contributed by atoms with Gasteiger partial charge in [0.1, 0.15) is 73.6 Å². The maximum atomic E-state index is 12.8. The summed E-state index contributed by atoms with van der Waals surface area (Å²) in [4.78, 5) is 37.6. The molecule has 2 fully saturated rings. The van der Waals surface area contributed by atoms with Gasteiger partial charge in [-0.15, -0.1) is 0 Å². The highest BCUT2D eigenvalue weighted by atomic mass is 16.7. The average Bonchev–Trinajstić information content (AvgIpc) is 3.08. The molecule has 0 saturated carbocycles. The Morgan fingerprint density at radius 3 is 1.84 bits per heavy atom. The van der Waals surface area contributed by atoms with Crippen LogP contribution in [0.3, 0.4) is 0 Å². The Morgan fingerprint density at radius 1 is 0.620 bits per heavy atom. The number of fused-ring (bicyclic) bond motifs is 5. The summed E-state index contributed by atoms with van der Waals surface area (Å²) in [5.41, 5.74) is -0.690. The summed E-state index contributed by atoms with van der Waals surface area (Å²) >= 11 is 0. The fourth-order valence-corrected chi connectivity index (χ4v) is 5.50. The first-order valence-electron chi connectivity index (χ1n) is 15.1. The largest absolute Gasteiger partial charge is 0.504 e. The van der Waals surface area contributed by atoms with Gasteiger partial charge in [-0.1, -0.05) is 0 Å². The minimum Gasteiger partial charge on any atom is -0.504 e.